The summed E-state index contributed by atoms with van der Waals surface area (Å²) in [7, 11) is 0. The number of ether oxygens (including phenoxy) is 2. The monoisotopic (exact) mass is 427 g/mol. The maximum absolute atomic E-state index is 13.6. The minimum atomic E-state index is -4.64. The first-order chi connectivity index (χ1) is 13.7. The molecular weight excluding hydrogens is 411 g/mol. The van der Waals surface area contributed by atoms with E-state index in [-0.39, 0.29) is 28.4 Å². The number of carbonyl (C=O) groups is 2. The molecule has 1 N–H and O–H groups in total. The van der Waals surface area contributed by atoms with Crippen LogP contribution in [0.15, 0.2) is 42.5 Å². The fourth-order valence-corrected chi connectivity index (χ4v) is 3.29. The lowest BCUT2D eigenvalue weighted by atomic mass is 9.95. The molecule has 1 aliphatic heterocycles. The molecule has 0 spiro atoms. The third-order valence-corrected chi connectivity index (χ3v) is 4.59. The summed E-state index contributed by atoms with van der Waals surface area (Å²) in [6.45, 7) is 1.70. The predicted molar refractivity (Wildman–Crippen MR) is 99.5 cm³/mol. The van der Waals surface area contributed by atoms with Gasteiger partial charge in [-0.3, -0.25) is 9.59 Å². The molecule has 9 heteroatoms. The van der Waals surface area contributed by atoms with Crippen LogP contribution >= 0.6 is 11.6 Å². The van der Waals surface area contributed by atoms with Crippen LogP contribution in [0, 0.1) is 0 Å². The van der Waals surface area contributed by atoms with Gasteiger partial charge in [0.25, 0.3) is 5.91 Å². The number of fused-ring (bicyclic) bond motifs is 1. The number of halogens is 4. The van der Waals surface area contributed by atoms with Crippen molar-refractivity contribution in [3.63, 3.8) is 0 Å². The minimum absolute atomic E-state index is 0.101. The lowest BCUT2D eigenvalue weighted by Gasteiger charge is -2.24. The van der Waals surface area contributed by atoms with Crippen molar-refractivity contribution in [3.05, 3.63) is 64.2 Å². The molecule has 0 aromatic heterocycles. The summed E-state index contributed by atoms with van der Waals surface area (Å²) in [6, 6.07) is 9.33. The second kappa shape index (κ2) is 8.42. The molecular formula is C20H17ClF3NO4. The Morgan fingerprint density at radius 3 is 2.62 bits per heavy atom. The first-order valence-corrected chi connectivity index (χ1v) is 9.16. The van der Waals surface area contributed by atoms with Gasteiger partial charge < -0.3 is 14.8 Å². The summed E-state index contributed by atoms with van der Waals surface area (Å²) in [6.07, 6.45) is -7.70. The summed E-state index contributed by atoms with van der Waals surface area (Å²) in [5.74, 6) is -1.35. The number of alkyl halides is 3. The molecule has 0 aliphatic carbocycles. The van der Waals surface area contributed by atoms with Crippen LogP contribution < -0.4 is 5.32 Å². The molecule has 0 radical (unpaired) electrons. The largest absolute Gasteiger partial charge is 0.466 e. The van der Waals surface area contributed by atoms with Crippen LogP contribution in [0.3, 0.4) is 0 Å². The van der Waals surface area contributed by atoms with Crippen molar-refractivity contribution in [1.29, 1.82) is 0 Å². The number of hydrogen-bond donors (Lipinski definition) is 1. The zero-order chi connectivity index (χ0) is 21.2. The normalized spacial score (nSPS) is 19.1. The van der Waals surface area contributed by atoms with Crippen LogP contribution in [0.2, 0.25) is 5.02 Å². The Balaban J connectivity index is 2.11. The van der Waals surface area contributed by atoms with Crippen molar-refractivity contribution in [2.75, 3.05) is 11.9 Å². The summed E-state index contributed by atoms with van der Waals surface area (Å²) in [5, 5.41) is 2.86. The third kappa shape index (κ3) is 4.71. The first-order valence-electron chi connectivity index (χ1n) is 8.78. The molecule has 0 saturated carbocycles. The van der Waals surface area contributed by atoms with Crippen LogP contribution in [0.4, 0.5) is 18.9 Å². The lowest BCUT2D eigenvalue weighted by Crippen LogP contribution is -2.32. The number of rotatable bonds is 4. The highest BCUT2D eigenvalue weighted by molar-refractivity contribution is 6.30. The predicted octanol–water partition coefficient (Wildman–Crippen LogP) is 4.74. The average Bonchev–Trinajstić information content (AvgIpc) is 2.78. The molecule has 29 heavy (non-hydrogen) atoms. The maximum atomic E-state index is 13.6. The second-order valence-electron chi connectivity index (χ2n) is 6.32. The highest BCUT2D eigenvalue weighted by Gasteiger charge is 2.39. The van der Waals surface area contributed by atoms with Crippen LogP contribution in [-0.4, -0.2) is 24.6 Å². The van der Waals surface area contributed by atoms with Gasteiger partial charge in [0.05, 0.1) is 18.6 Å². The third-order valence-electron chi connectivity index (χ3n) is 4.35. The number of amides is 1. The first kappa shape index (κ1) is 21.1. The van der Waals surface area contributed by atoms with E-state index in [4.69, 9.17) is 21.1 Å². The fraction of sp³-hybridized carbons (Fsp3) is 0.300. The van der Waals surface area contributed by atoms with Crippen LogP contribution in [-0.2, 0) is 25.2 Å². The van der Waals surface area contributed by atoms with Gasteiger partial charge in [-0.15, -0.1) is 0 Å². The van der Waals surface area contributed by atoms with Crippen LogP contribution in [0.25, 0.3) is 0 Å². The van der Waals surface area contributed by atoms with Crippen LogP contribution in [0.1, 0.15) is 36.1 Å². The van der Waals surface area contributed by atoms with Crippen molar-refractivity contribution in [1.82, 2.24) is 0 Å². The number of benzene rings is 2. The van der Waals surface area contributed by atoms with Crippen molar-refractivity contribution in [2.45, 2.75) is 31.7 Å². The molecule has 1 heterocycles. The van der Waals surface area contributed by atoms with E-state index >= 15 is 0 Å². The molecule has 2 atom stereocenters. The van der Waals surface area contributed by atoms with Gasteiger partial charge >= 0.3 is 12.1 Å². The van der Waals surface area contributed by atoms with E-state index in [1.807, 2.05) is 0 Å². The van der Waals surface area contributed by atoms with E-state index in [9.17, 15) is 22.8 Å². The Labute approximate surface area is 169 Å². The molecule has 0 saturated heterocycles. The Morgan fingerprint density at radius 1 is 1.21 bits per heavy atom. The van der Waals surface area contributed by atoms with Gasteiger partial charge in [-0.25, -0.2) is 0 Å². The van der Waals surface area contributed by atoms with Gasteiger partial charge in [0.2, 0.25) is 0 Å². The smallest absolute Gasteiger partial charge is 0.416 e. The molecule has 5 nitrogen and oxygen atoms in total. The number of anilines is 1. The fourth-order valence-electron chi connectivity index (χ4n) is 3.11. The molecule has 2 aromatic carbocycles. The van der Waals surface area contributed by atoms with Crippen molar-refractivity contribution in [2.24, 2.45) is 0 Å². The summed E-state index contributed by atoms with van der Waals surface area (Å²) in [4.78, 5) is 24.4. The number of nitrogens with one attached hydrogen (secondary N) is 1. The molecule has 2 aromatic rings. The summed E-state index contributed by atoms with van der Waals surface area (Å²) in [5.41, 5.74) is -0.573. The van der Waals surface area contributed by atoms with E-state index in [1.54, 1.807) is 6.92 Å². The topological polar surface area (TPSA) is 64.6 Å². The molecule has 3 rings (SSSR count). The standard InChI is InChI=1S/C20H17ClF3NO4/c1-2-28-17(26)10-16-19(27)25-15-8-7-11(21)9-13(15)18(29-16)12-5-3-4-6-14(12)20(22,23)24/h3-9,16,18H,2,10H2,1H3,(H,25,27)/t16?,18-/m1/s1. The Morgan fingerprint density at radius 2 is 1.93 bits per heavy atom. The molecule has 1 amide bonds. The van der Waals surface area contributed by atoms with Gasteiger partial charge in [0, 0.05) is 16.3 Å². The van der Waals surface area contributed by atoms with E-state index < -0.39 is 42.2 Å². The molecule has 1 aliphatic rings. The summed E-state index contributed by atoms with van der Waals surface area (Å²) < 4.78 is 51.4. The van der Waals surface area contributed by atoms with Gasteiger partial charge in [0.1, 0.15) is 12.2 Å². The highest BCUT2D eigenvalue weighted by Crippen LogP contribution is 2.42. The van der Waals surface area contributed by atoms with Gasteiger partial charge in [-0.05, 0) is 36.8 Å². The van der Waals surface area contributed by atoms with Gasteiger partial charge in [0.15, 0.2) is 0 Å². The molecule has 0 bridgehead atoms. The number of esters is 1. The quantitative estimate of drug-likeness (QED) is 0.716. The number of hydrogen-bond acceptors (Lipinski definition) is 4. The van der Waals surface area contributed by atoms with Crippen molar-refractivity contribution < 1.29 is 32.2 Å². The Kier molecular flexibility index (Phi) is 6.14. The molecule has 154 valence electrons. The van der Waals surface area contributed by atoms with Crippen molar-refractivity contribution in [3.8, 4) is 0 Å². The van der Waals surface area contributed by atoms with Gasteiger partial charge in [-0.2, -0.15) is 13.2 Å². The lowest BCUT2D eigenvalue weighted by molar-refractivity contribution is -0.151. The number of carbonyl (C=O) groups excluding carboxylic acids is 2. The van der Waals surface area contributed by atoms with Gasteiger partial charge in [-0.1, -0.05) is 29.8 Å². The zero-order valence-corrected chi connectivity index (χ0v) is 16.0. The van der Waals surface area contributed by atoms with Crippen molar-refractivity contribution >= 4 is 29.2 Å². The highest BCUT2D eigenvalue weighted by atomic mass is 35.5. The average molecular weight is 428 g/mol. The maximum Gasteiger partial charge on any atom is 0.416 e. The zero-order valence-electron chi connectivity index (χ0n) is 15.3. The van der Waals surface area contributed by atoms with E-state index in [2.05, 4.69) is 5.32 Å². The minimum Gasteiger partial charge on any atom is -0.466 e. The Bertz CT molecular complexity index is 932. The summed E-state index contributed by atoms with van der Waals surface area (Å²) >= 11 is 6.05. The van der Waals surface area contributed by atoms with E-state index in [0.717, 1.165) is 6.07 Å². The second-order valence-corrected chi connectivity index (χ2v) is 6.76. The van der Waals surface area contributed by atoms with E-state index in [1.165, 1.54) is 36.4 Å². The molecule has 0 fully saturated rings. The van der Waals surface area contributed by atoms with E-state index in [0.29, 0.717) is 0 Å². The molecule has 1 unspecified atom stereocenters. The SMILES string of the molecule is CCOC(=O)CC1O[C@H](c2ccccc2C(F)(F)F)c2cc(Cl)ccc2NC1=O. The Hall–Kier alpha value is -2.58. The van der Waals surface area contributed by atoms with Crippen LogP contribution in [0.5, 0.6) is 0 Å².